The number of carbonyl (C=O) groups is 1. The van der Waals surface area contributed by atoms with Crippen LogP contribution in [0.5, 0.6) is 0 Å². The summed E-state index contributed by atoms with van der Waals surface area (Å²) in [4.78, 5) is 12.5. The Morgan fingerprint density at radius 2 is 1.67 bits per heavy atom. The lowest BCUT2D eigenvalue weighted by Crippen LogP contribution is -2.21. The highest BCUT2D eigenvalue weighted by Gasteiger charge is 2.30. The van der Waals surface area contributed by atoms with Crippen LogP contribution in [0.2, 0.25) is 0 Å². The van der Waals surface area contributed by atoms with Crippen molar-refractivity contribution < 1.29 is 9.53 Å². The van der Waals surface area contributed by atoms with Crippen molar-refractivity contribution in [3.8, 4) is 0 Å². The molecule has 1 aliphatic rings. The van der Waals surface area contributed by atoms with Crippen LogP contribution in [-0.4, -0.2) is 13.1 Å². The Morgan fingerprint density at radius 1 is 1.04 bits per heavy atom. The second-order valence-electron chi connectivity index (χ2n) is 5.97. The van der Waals surface area contributed by atoms with Gasteiger partial charge in [0.1, 0.15) is 0 Å². The van der Waals surface area contributed by atoms with Crippen molar-refractivity contribution >= 4 is 11.7 Å². The van der Waals surface area contributed by atoms with E-state index in [1.807, 2.05) is 54.6 Å². The van der Waals surface area contributed by atoms with E-state index >= 15 is 0 Å². The number of hydrogen-bond acceptors (Lipinski definition) is 3. The molecule has 0 fully saturated rings. The highest BCUT2D eigenvalue weighted by Crippen LogP contribution is 2.38. The Balaban J connectivity index is 2.07. The zero-order valence-electron chi connectivity index (χ0n) is 14.0. The Bertz CT molecular complexity index is 776. The molecular formula is C21H21NO2. The van der Waals surface area contributed by atoms with E-state index in [-0.39, 0.29) is 11.9 Å². The van der Waals surface area contributed by atoms with Crippen molar-refractivity contribution in [2.75, 3.05) is 12.4 Å². The van der Waals surface area contributed by atoms with Crippen LogP contribution in [0.25, 0.3) is 0 Å². The van der Waals surface area contributed by atoms with Crippen molar-refractivity contribution in [1.82, 2.24) is 0 Å². The molecule has 0 bridgehead atoms. The Labute approximate surface area is 142 Å². The number of rotatable bonds is 4. The molecule has 1 atom stereocenters. The first-order valence-corrected chi connectivity index (χ1v) is 8.05. The van der Waals surface area contributed by atoms with Gasteiger partial charge in [-0.2, -0.15) is 0 Å². The lowest BCUT2D eigenvalue weighted by Gasteiger charge is -2.27. The summed E-state index contributed by atoms with van der Waals surface area (Å²) in [5.41, 5.74) is 4.79. The lowest BCUT2D eigenvalue weighted by molar-refractivity contribution is -0.136. The van der Waals surface area contributed by atoms with Gasteiger partial charge < -0.3 is 10.1 Å². The quantitative estimate of drug-likeness (QED) is 0.833. The zero-order valence-corrected chi connectivity index (χ0v) is 14.0. The van der Waals surface area contributed by atoms with Crippen LogP contribution in [0.3, 0.4) is 0 Å². The fourth-order valence-corrected chi connectivity index (χ4v) is 3.11. The predicted octanol–water partition coefficient (Wildman–Crippen LogP) is 4.66. The molecule has 0 amide bonds. The first kappa shape index (κ1) is 16.1. The van der Waals surface area contributed by atoms with Gasteiger partial charge in [0.15, 0.2) is 0 Å². The van der Waals surface area contributed by atoms with Crippen molar-refractivity contribution in [2.45, 2.75) is 19.3 Å². The molecule has 1 N–H and O–H groups in total. The number of para-hydroxylation sites is 1. The smallest absolute Gasteiger partial charge is 0.336 e. The number of esters is 1. The van der Waals surface area contributed by atoms with Crippen LogP contribution in [0, 0.1) is 0 Å². The van der Waals surface area contributed by atoms with Crippen LogP contribution >= 0.6 is 0 Å². The first-order valence-electron chi connectivity index (χ1n) is 8.05. The van der Waals surface area contributed by atoms with E-state index in [1.165, 1.54) is 12.7 Å². The van der Waals surface area contributed by atoms with Gasteiger partial charge in [0.05, 0.1) is 12.7 Å². The summed E-state index contributed by atoms with van der Waals surface area (Å²) in [5.74, 6) is -0.291. The molecule has 0 unspecified atom stereocenters. The van der Waals surface area contributed by atoms with E-state index in [1.54, 1.807) is 0 Å². The van der Waals surface area contributed by atoms with E-state index in [0.29, 0.717) is 5.57 Å². The molecule has 0 radical (unpaired) electrons. The maximum atomic E-state index is 12.5. The molecule has 0 saturated heterocycles. The molecule has 2 aromatic rings. The van der Waals surface area contributed by atoms with E-state index in [2.05, 4.69) is 24.4 Å². The number of anilines is 1. The van der Waals surface area contributed by atoms with Gasteiger partial charge in [0.2, 0.25) is 0 Å². The normalized spacial score (nSPS) is 17.2. The molecular weight excluding hydrogens is 298 g/mol. The maximum absolute atomic E-state index is 12.5. The number of allylic oxidation sites excluding steroid dienone is 2. The Kier molecular flexibility index (Phi) is 4.80. The molecule has 0 aliphatic heterocycles. The number of ether oxygens (including phenoxy) is 1. The second kappa shape index (κ2) is 7.18. The van der Waals surface area contributed by atoms with Crippen LogP contribution < -0.4 is 5.32 Å². The largest absolute Gasteiger partial charge is 0.466 e. The first-order chi connectivity index (χ1) is 11.7. The molecule has 0 saturated carbocycles. The number of carbonyl (C=O) groups excluding carboxylic acids is 1. The van der Waals surface area contributed by atoms with Crippen LogP contribution in [0.4, 0.5) is 5.69 Å². The Morgan fingerprint density at radius 3 is 2.29 bits per heavy atom. The molecule has 0 heterocycles. The van der Waals surface area contributed by atoms with Crippen molar-refractivity contribution in [3.63, 3.8) is 0 Å². The maximum Gasteiger partial charge on any atom is 0.336 e. The minimum Gasteiger partial charge on any atom is -0.466 e. The lowest BCUT2D eigenvalue weighted by atomic mass is 9.81. The van der Waals surface area contributed by atoms with E-state index in [0.717, 1.165) is 23.4 Å². The molecule has 3 rings (SSSR count). The van der Waals surface area contributed by atoms with Crippen LogP contribution in [-0.2, 0) is 9.53 Å². The van der Waals surface area contributed by atoms with Gasteiger partial charge in [-0.1, -0.05) is 54.1 Å². The summed E-state index contributed by atoms with van der Waals surface area (Å²) in [6.07, 6.45) is 2.85. The molecule has 1 aliphatic carbocycles. The highest BCUT2D eigenvalue weighted by atomic mass is 16.5. The summed E-state index contributed by atoms with van der Waals surface area (Å²) in [6.45, 7) is 2.09. The van der Waals surface area contributed by atoms with Gasteiger partial charge >= 0.3 is 5.97 Å². The number of nitrogens with one attached hydrogen (secondary N) is 1. The molecule has 3 nitrogen and oxygen atoms in total. The van der Waals surface area contributed by atoms with E-state index in [9.17, 15) is 4.79 Å². The molecule has 122 valence electrons. The average Bonchev–Trinajstić information content (AvgIpc) is 2.62. The predicted molar refractivity (Wildman–Crippen MR) is 96.7 cm³/mol. The van der Waals surface area contributed by atoms with Gasteiger partial charge in [-0.3, -0.25) is 0 Å². The third-order valence-corrected chi connectivity index (χ3v) is 4.22. The van der Waals surface area contributed by atoms with E-state index in [4.69, 9.17) is 4.74 Å². The minimum atomic E-state index is -0.286. The van der Waals surface area contributed by atoms with Crippen molar-refractivity contribution in [2.24, 2.45) is 0 Å². The third-order valence-electron chi connectivity index (χ3n) is 4.22. The average molecular weight is 319 g/mol. The molecule has 24 heavy (non-hydrogen) atoms. The summed E-state index contributed by atoms with van der Waals surface area (Å²) >= 11 is 0. The fraction of sp³-hybridized carbons (Fsp3) is 0.190. The summed E-state index contributed by atoms with van der Waals surface area (Å²) in [6, 6.07) is 20.0. The Hall–Kier alpha value is -2.81. The van der Waals surface area contributed by atoms with Crippen molar-refractivity contribution in [3.05, 3.63) is 89.1 Å². The second-order valence-corrected chi connectivity index (χ2v) is 5.97. The zero-order chi connectivity index (χ0) is 16.9. The topological polar surface area (TPSA) is 38.3 Å². The van der Waals surface area contributed by atoms with Gasteiger partial charge in [-0.15, -0.1) is 0 Å². The number of hydrogen-bond donors (Lipinski definition) is 1. The van der Waals surface area contributed by atoms with E-state index < -0.39 is 0 Å². The molecule has 2 aromatic carbocycles. The highest BCUT2D eigenvalue weighted by molar-refractivity contribution is 5.93. The van der Waals surface area contributed by atoms with Crippen molar-refractivity contribution in [1.29, 1.82) is 0 Å². The summed E-state index contributed by atoms with van der Waals surface area (Å²) < 4.78 is 5.08. The van der Waals surface area contributed by atoms with Gasteiger partial charge in [-0.05, 0) is 37.1 Å². The monoisotopic (exact) mass is 319 g/mol. The number of methoxy groups -OCH3 is 1. The SMILES string of the molecule is COC(=O)C1=C(Nc2ccccc2)C=C(C)C[C@@H]1c1ccccc1. The fourth-order valence-electron chi connectivity index (χ4n) is 3.11. The van der Waals surface area contributed by atoms with Crippen LogP contribution in [0.1, 0.15) is 24.8 Å². The van der Waals surface area contributed by atoms with Gasteiger partial charge in [0.25, 0.3) is 0 Å². The molecule has 3 heteroatoms. The molecule has 0 aromatic heterocycles. The number of benzene rings is 2. The summed E-state index contributed by atoms with van der Waals surface area (Å²) in [7, 11) is 1.43. The standard InChI is InChI=1S/C21H21NO2/c1-15-13-18(16-9-5-3-6-10-16)20(21(23)24-2)19(14-15)22-17-11-7-4-8-12-17/h3-12,14,18,22H,13H2,1-2H3/t18-/m1/s1. The minimum absolute atomic E-state index is 0.00476. The van der Waals surface area contributed by atoms with Crippen LogP contribution in [0.15, 0.2) is 83.6 Å². The molecule has 0 spiro atoms. The van der Waals surface area contributed by atoms with Gasteiger partial charge in [0, 0.05) is 17.3 Å². The third kappa shape index (κ3) is 3.40. The summed E-state index contributed by atoms with van der Waals surface area (Å²) in [5, 5.41) is 3.38. The van der Waals surface area contributed by atoms with Gasteiger partial charge in [-0.25, -0.2) is 4.79 Å².